The fraction of sp³-hybridized carbons (Fsp3) is 0.455. The van der Waals surface area contributed by atoms with E-state index < -0.39 is 0 Å². The standard InChI is InChI=1S/C11H13BrO2/c1-8(11-7-14-11)13-6-9-3-2-4-10(12)5-9/h2-5,8,11H,6-7H2,1H3/t8-,11+/m1/s1. The van der Waals surface area contributed by atoms with Crippen molar-refractivity contribution in [3.05, 3.63) is 34.3 Å². The van der Waals surface area contributed by atoms with Crippen molar-refractivity contribution in [1.29, 1.82) is 0 Å². The van der Waals surface area contributed by atoms with E-state index >= 15 is 0 Å². The number of ether oxygens (including phenoxy) is 2. The molecule has 1 saturated heterocycles. The number of epoxide rings is 1. The third-order valence-electron chi connectivity index (χ3n) is 2.28. The molecular formula is C11H13BrO2. The van der Waals surface area contributed by atoms with Gasteiger partial charge in [-0.1, -0.05) is 28.1 Å². The molecule has 0 amide bonds. The van der Waals surface area contributed by atoms with Crippen molar-refractivity contribution in [1.82, 2.24) is 0 Å². The van der Waals surface area contributed by atoms with E-state index in [0.29, 0.717) is 12.7 Å². The summed E-state index contributed by atoms with van der Waals surface area (Å²) in [7, 11) is 0. The summed E-state index contributed by atoms with van der Waals surface area (Å²) in [6.07, 6.45) is 0.524. The van der Waals surface area contributed by atoms with Gasteiger partial charge in [-0.3, -0.25) is 0 Å². The summed E-state index contributed by atoms with van der Waals surface area (Å²) in [6, 6.07) is 8.16. The summed E-state index contributed by atoms with van der Waals surface area (Å²) in [6.45, 7) is 3.55. The van der Waals surface area contributed by atoms with Gasteiger partial charge in [-0.25, -0.2) is 0 Å². The van der Waals surface area contributed by atoms with Crippen LogP contribution in [0.2, 0.25) is 0 Å². The topological polar surface area (TPSA) is 21.8 Å². The van der Waals surface area contributed by atoms with Crippen LogP contribution in [0.1, 0.15) is 12.5 Å². The van der Waals surface area contributed by atoms with Gasteiger partial charge in [-0.15, -0.1) is 0 Å². The minimum Gasteiger partial charge on any atom is -0.371 e. The van der Waals surface area contributed by atoms with E-state index in [4.69, 9.17) is 9.47 Å². The maximum atomic E-state index is 5.66. The molecule has 0 aromatic heterocycles. The summed E-state index contributed by atoms with van der Waals surface area (Å²) in [5.41, 5.74) is 1.19. The van der Waals surface area contributed by atoms with Gasteiger partial charge >= 0.3 is 0 Å². The zero-order chi connectivity index (χ0) is 9.97. The van der Waals surface area contributed by atoms with E-state index in [0.717, 1.165) is 11.1 Å². The third kappa shape index (κ3) is 2.80. The van der Waals surface area contributed by atoms with Gasteiger partial charge in [0, 0.05) is 4.47 Å². The Hall–Kier alpha value is -0.380. The molecule has 0 unspecified atom stereocenters. The molecule has 3 heteroatoms. The van der Waals surface area contributed by atoms with E-state index in [9.17, 15) is 0 Å². The molecule has 2 nitrogen and oxygen atoms in total. The van der Waals surface area contributed by atoms with Gasteiger partial charge in [0.15, 0.2) is 0 Å². The molecule has 0 bridgehead atoms. The van der Waals surface area contributed by atoms with Gasteiger partial charge in [0.1, 0.15) is 6.10 Å². The van der Waals surface area contributed by atoms with Crippen LogP contribution in [0.3, 0.4) is 0 Å². The first-order valence-electron chi connectivity index (χ1n) is 4.73. The highest BCUT2D eigenvalue weighted by Crippen LogP contribution is 2.18. The molecule has 76 valence electrons. The number of hydrogen-bond donors (Lipinski definition) is 0. The third-order valence-corrected chi connectivity index (χ3v) is 2.78. The van der Waals surface area contributed by atoms with E-state index in [1.165, 1.54) is 5.56 Å². The lowest BCUT2D eigenvalue weighted by Gasteiger charge is -2.10. The quantitative estimate of drug-likeness (QED) is 0.773. The molecule has 1 aromatic carbocycles. The van der Waals surface area contributed by atoms with Crippen LogP contribution in [0, 0.1) is 0 Å². The predicted molar refractivity (Wildman–Crippen MR) is 58.1 cm³/mol. The maximum Gasteiger partial charge on any atom is 0.107 e. The van der Waals surface area contributed by atoms with Crippen LogP contribution < -0.4 is 0 Å². The van der Waals surface area contributed by atoms with Gasteiger partial charge in [0.2, 0.25) is 0 Å². The summed E-state index contributed by atoms with van der Waals surface area (Å²) >= 11 is 3.43. The normalized spacial score (nSPS) is 22.0. The van der Waals surface area contributed by atoms with Crippen LogP contribution in [-0.2, 0) is 16.1 Å². The van der Waals surface area contributed by atoms with Gasteiger partial charge < -0.3 is 9.47 Å². The van der Waals surface area contributed by atoms with Crippen LogP contribution in [0.5, 0.6) is 0 Å². The van der Waals surface area contributed by atoms with Gasteiger partial charge in [-0.05, 0) is 24.6 Å². The van der Waals surface area contributed by atoms with Gasteiger partial charge in [0.05, 0.1) is 19.3 Å². The predicted octanol–water partition coefficient (Wildman–Crippen LogP) is 2.75. The molecule has 0 spiro atoms. The molecule has 0 N–H and O–H groups in total. The van der Waals surface area contributed by atoms with Crippen molar-refractivity contribution < 1.29 is 9.47 Å². The second kappa shape index (κ2) is 4.43. The Labute approximate surface area is 92.3 Å². The Morgan fingerprint density at radius 1 is 1.64 bits per heavy atom. The fourth-order valence-electron chi connectivity index (χ4n) is 1.29. The van der Waals surface area contributed by atoms with Gasteiger partial charge in [0.25, 0.3) is 0 Å². The van der Waals surface area contributed by atoms with Crippen molar-refractivity contribution in [2.75, 3.05) is 6.61 Å². The second-order valence-electron chi connectivity index (χ2n) is 3.52. The molecule has 1 aromatic rings. The molecule has 0 saturated carbocycles. The van der Waals surface area contributed by atoms with E-state index in [2.05, 4.69) is 35.0 Å². The van der Waals surface area contributed by atoms with E-state index in [1.807, 2.05) is 12.1 Å². The minimum atomic E-state index is 0.203. The molecule has 1 heterocycles. The summed E-state index contributed by atoms with van der Waals surface area (Å²) in [4.78, 5) is 0. The highest BCUT2D eigenvalue weighted by atomic mass is 79.9. The minimum absolute atomic E-state index is 0.203. The first kappa shape index (κ1) is 10.1. The molecule has 14 heavy (non-hydrogen) atoms. The fourth-order valence-corrected chi connectivity index (χ4v) is 1.73. The zero-order valence-corrected chi connectivity index (χ0v) is 9.66. The van der Waals surface area contributed by atoms with Crippen molar-refractivity contribution >= 4 is 15.9 Å². The van der Waals surface area contributed by atoms with Crippen molar-refractivity contribution in [2.24, 2.45) is 0 Å². The van der Waals surface area contributed by atoms with E-state index in [1.54, 1.807) is 0 Å². The van der Waals surface area contributed by atoms with Crippen molar-refractivity contribution in [3.8, 4) is 0 Å². The summed E-state index contributed by atoms with van der Waals surface area (Å²) in [5, 5.41) is 0. The Kier molecular flexibility index (Phi) is 3.21. The summed E-state index contributed by atoms with van der Waals surface area (Å²) in [5.74, 6) is 0. The monoisotopic (exact) mass is 256 g/mol. The molecule has 0 aliphatic carbocycles. The number of halogens is 1. The Morgan fingerprint density at radius 2 is 2.43 bits per heavy atom. The molecule has 2 atom stereocenters. The lowest BCUT2D eigenvalue weighted by molar-refractivity contribution is 0.0340. The SMILES string of the molecule is C[C@@H](OCc1cccc(Br)c1)[C@@H]1CO1. The Bertz CT molecular complexity index is 310. The highest BCUT2D eigenvalue weighted by molar-refractivity contribution is 9.10. The lowest BCUT2D eigenvalue weighted by Crippen LogP contribution is -2.14. The highest BCUT2D eigenvalue weighted by Gasteiger charge is 2.29. The van der Waals surface area contributed by atoms with Crippen molar-refractivity contribution in [2.45, 2.75) is 25.7 Å². The van der Waals surface area contributed by atoms with Crippen LogP contribution in [0.4, 0.5) is 0 Å². The van der Waals surface area contributed by atoms with Crippen LogP contribution in [-0.4, -0.2) is 18.8 Å². The summed E-state index contributed by atoms with van der Waals surface area (Å²) < 4.78 is 11.9. The molecule has 1 aliphatic rings. The molecular weight excluding hydrogens is 244 g/mol. The average Bonchev–Trinajstić information content (AvgIpc) is 2.97. The molecule has 2 rings (SSSR count). The Balaban J connectivity index is 1.84. The first-order chi connectivity index (χ1) is 6.75. The van der Waals surface area contributed by atoms with Gasteiger partial charge in [-0.2, -0.15) is 0 Å². The van der Waals surface area contributed by atoms with Crippen molar-refractivity contribution in [3.63, 3.8) is 0 Å². The smallest absolute Gasteiger partial charge is 0.107 e. The van der Waals surface area contributed by atoms with Crippen LogP contribution in [0.15, 0.2) is 28.7 Å². The molecule has 1 aliphatic heterocycles. The number of hydrogen-bond acceptors (Lipinski definition) is 2. The molecule has 1 fully saturated rings. The lowest BCUT2D eigenvalue weighted by atomic mass is 10.2. The zero-order valence-electron chi connectivity index (χ0n) is 8.07. The Morgan fingerprint density at radius 3 is 3.07 bits per heavy atom. The molecule has 0 radical (unpaired) electrons. The largest absolute Gasteiger partial charge is 0.371 e. The maximum absolute atomic E-state index is 5.66. The number of rotatable bonds is 4. The van der Waals surface area contributed by atoms with Crippen LogP contribution >= 0.6 is 15.9 Å². The van der Waals surface area contributed by atoms with Crippen LogP contribution in [0.25, 0.3) is 0 Å². The first-order valence-corrected chi connectivity index (χ1v) is 5.52. The van der Waals surface area contributed by atoms with E-state index in [-0.39, 0.29) is 6.10 Å². The number of benzene rings is 1. The second-order valence-corrected chi connectivity index (χ2v) is 4.43. The average molecular weight is 257 g/mol.